The molecule has 220 valence electrons. The van der Waals surface area contributed by atoms with Gasteiger partial charge in [-0.25, -0.2) is 0 Å². The van der Waals surface area contributed by atoms with Crippen LogP contribution in [0.2, 0.25) is 0 Å². The van der Waals surface area contributed by atoms with Crippen LogP contribution in [-0.4, -0.2) is 0 Å². The first kappa shape index (κ1) is 33.6. The van der Waals surface area contributed by atoms with E-state index in [1.165, 1.54) is 44.5 Å². The van der Waals surface area contributed by atoms with Crippen molar-refractivity contribution in [1.82, 2.24) is 0 Å². The highest BCUT2D eigenvalue weighted by molar-refractivity contribution is 5.55. The van der Waals surface area contributed by atoms with Crippen LogP contribution in [0.5, 0.6) is 0 Å². The zero-order chi connectivity index (χ0) is 30.7. The highest BCUT2D eigenvalue weighted by atomic mass is 14.4. The van der Waals surface area contributed by atoms with Gasteiger partial charge in [0.25, 0.3) is 0 Å². The molecule has 2 aromatic carbocycles. The molecule has 0 fully saturated rings. The predicted octanol–water partition coefficient (Wildman–Crippen LogP) is 12.0. The lowest BCUT2D eigenvalue weighted by atomic mass is 9.66. The quantitative estimate of drug-likeness (QED) is 0.369. The van der Waals surface area contributed by atoms with E-state index < -0.39 is 0 Å². The fourth-order valence-electron chi connectivity index (χ4n) is 6.20. The second kappa shape index (κ2) is 10.4. The van der Waals surface area contributed by atoms with E-state index in [1.807, 2.05) is 0 Å². The SMILES string of the molecule is CCC(c1cc(C(C)(C)C)c(C(C)(C)C)cc1C(C)(C)C)c1cc(C(C)(C)C)c(C(C)(C)C)cc1C(C)(C)C. The van der Waals surface area contributed by atoms with Gasteiger partial charge in [-0.15, -0.1) is 0 Å². The van der Waals surface area contributed by atoms with Crippen molar-refractivity contribution in [3.63, 3.8) is 0 Å². The summed E-state index contributed by atoms with van der Waals surface area (Å²) >= 11 is 0. The van der Waals surface area contributed by atoms with Crippen LogP contribution in [0, 0.1) is 0 Å². The van der Waals surface area contributed by atoms with Crippen LogP contribution in [-0.2, 0) is 32.5 Å². The molecule has 0 saturated carbocycles. The van der Waals surface area contributed by atoms with E-state index in [1.54, 1.807) is 0 Å². The Morgan fingerprint density at radius 1 is 0.359 bits per heavy atom. The summed E-state index contributed by atoms with van der Waals surface area (Å²) in [5, 5.41) is 0. The summed E-state index contributed by atoms with van der Waals surface area (Å²) in [5.74, 6) is 0.346. The number of hydrogen-bond acceptors (Lipinski definition) is 0. The van der Waals surface area contributed by atoms with Crippen LogP contribution >= 0.6 is 0 Å². The molecule has 0 aliphatic carbocycles. The first-order valence-corrected chi connectivity index (χ1v) is 15.5. The summed E-state index contributed by atoms with van der Waals surface area (Å²) in [6.45, 7) is 45.3. The van der Waals surface area contributed by atoms with Gasteiger partial charge >= 0.3 is 0 Å². The summed E-state index contributed by atoms with van der Waals surface area (Å²) < 4.78 is 0. The maximum absolute atomic E-state index is 2.62. The van der Waals surface area contributed by atoms with Crippen molar-refractivity contribution in [1.29, 1.82) is 0 Å². The minimum Gasteiger partial charge on any atom is -0.0645 e. The maximum Gasteiger partial charge on any atom is 0.00928 e. The van der Waals surface area contributed by atoms with E-state index in [2.05, 4.69) is 156 Å². The highest BCUT2D eigenvalue weighted by Gasteiger charge is 2.35. The van der Waals surface area contributed by atoms with Gasteiger partial charge in [-0.3, -0.25) is 0 Å². The Bertz CT molecular complexity index is 1070. The maximum atomic E-state index is 2.62. The smallest absolute Gasteiger partial charge is 0.00928 e. The fraction of sp³-hybridized carbons (Fsp3) is 0.692. The van der Waals surface area contributed by atoms with Crippen LogP contribution in [0.25, 0.3) is 0 Å². The fourth-order valence-corrected chi connectivity index (χ4v) is 6.20. The third-order valence-corrected chi connectivity index (χ3v) is 8.39. The van der Waals surface area contributed by atoms with E-state index in [0.29, 0.717) is 5.92 Å². The van der Waals surface area contributed by atoms with Crippen molar-refractivity contribution in [2.45, 2.75) is 176 Å². The molecule has 2 aromatic rings. The lowest BCUT2D eigenvalue weighted by molar-refractivity contribution is 0.511. The largest absolute Gasteiger partial charge is 0.0645 e. The van der Waals surface area contributed by atoms with Crippen molar-refractivity contribution in [2.24, 2.45) is 0 Å². The molecule has 0 nitrogen and oxygen atoms in total. The Morgan fingerprint density at radius 2 is 0.564 bits per heavy atom. The second-order valence-corrected chi connectivity index (χ2v) is 18.4. The van der Waals surface area contributed by atoms with E-state index >= 15 is 0 Å². The number of benzene rings is 2. The molecule has 0 aliphatic heterocycles. The zero-order valence-corrected chi connectivity index (χ0v) is 29.6. The van der Waals surface area contributed by atoms with Gasteiger partial charge in [0, 0.05) is 5.92 Å². The van der Waals surface area contributed by atoms with Gasteiger partial charge in [0.2, 0.25) is 0 Å². The van der Waals surface area contributed by atoms with E-state index in [0.717, 1.165) is 6.42 Å². The third-order valence-electron chi connectivity index (χ3n) is 8.39. The van der Waals surface area contributed by atoms with Gasteiger partial charge < -0.3 is 0 Å². The molecule has 0 amide bonds. The zero-order valence-electron chi connectivity index (χ0n) is 29.6. The Labute approximate surface area is 244 Å². The lowest BCUT2D eigenvalue weighted by Crippen LogP contribution is -2.28. The molecular weight excluding hydrogens is 468 g/mol. The monoisotopic (exact) mass is 533 g/mol. The van der Waals surface area contributed by atoms with Crippen molar-refractivity contribution in [2.75, 3.05) is 0 Å². The molecule has 0 heterocycles. The first-order valence-electron chi connectivity index (χ1n) is 15.5. The molecule has 0 saturated heterocycles. The van der Waals surface area contributed by atoms with E-state index in [4.69, 9.17) is 0 Å². The Balaban J connectivity index is 3.18. The summed E-state index contributed by atoms with van der Waals surface area (Å²) in [7, 11) is 0. The Hall–Kier alpha value is -1.56. The molecular formula is C39H64. The van der Waals surface area contributed by atoms with Crippen LogP contribution in [0.15, 0.2) is 24.3 Å². The van der Waals surface area contributed by atoms with Gasteiger partial charge in [0.05, 0.1) is 0 Å². The summed E-state index contributed by atoms with van der Waals surface area (Å²) in [6, 6.07) is 10.4. The Kier molecular flexibility index (Phi) is 8.94. The summed E-state index contributed by atoms with van der Waals surface area (Å²) in [5.41, 5.74) is 12.5. The molecule has 39 heavy (non-hydrogen) atoms. The van der Waals surface area contributed by atoms with Gasteiger partial charge in [-0.05, 0) is 83.4 Å². The van der Waals surface area contributed by atoms with Crippen LogP contribution in [0.1, 0.15) is 188 Å². The normalized spacial score (nSPS) is 14.4. The first-order chi connectivity index (χ1) is 17.1. The number of rotatable bonds is 3. The molecule has 0 radical (unpaired) electrons. The molecule has 2 rings (SSSR count). The average Bonchev–Trinajstić information content (AvgIpc) is 2.69. The molecule has 0 unspecified atom stereocenters. The average molecular weight is 533 g/mol. The standard InChI is InChI=1S/C39H64/c1-20-25(26-21-30(36(8,9)10)32(38(14,15)16)23-28(26)34(2,3)4)27-22-31(37(11,12)13)33(39(17,18)19)24-29(27)35(5,6)7/h21-25H,20H2,1-19H3. The molecule has 0 atom stereocenters. The van der Waals surface area contributed by atoms with E-state index in [-0.39, 0.29) is 32.5 Å². The molecule has 0 N–H and O–H groups in total. The van der Waals surface area contributed by atoms with Gasteiger partial charge in [-0.2, -0.15) is 0 Å². The molecule has 0 aromatic heterocycles. The number of hydrogen-bond donors (Lipinski definition) is 0. The van der Waals surface area contributed by atoms with Gasteiger partial charge in [0.15, 0.2) is 0 Å². The van der Waals surface area contributed by atoms with Gasteiger partial charge in [0.1, 0.15) is 0 Å². The van der Waals surface area contributed by atoms with E-state index in [9.17, 15) is 0 Å². The minimum absolute atomic E-state index is 0.0548. The topological polar surface area (TPSA) is 0 Å². The van der Waals surface area contributed by atoms with Crippen molar-refractivity contribution in [3.05, 3.63) is 68.8 Å². The minimum atomic E-state index is 0.0548. The third kappa shape index (κ3) is 7.40. The summed E-state index contributed by atoms with van der Waals surface area (Å²) in [6.07, 6.45) is 1.09. The van der Waals surface area contributed by atoms with Crippen LogP contribution in [0.3, 0.4) is 0 Å². The van der Waals surface area contributed by atoms with Gasteiger partial charge in [-0.1, -0.05) is 156 Å². The second-order valence-electron chi connectivity index (χ2n) is 18.4. The summed E-state index contributed by atoms with van der Waals surface area (Å²) in [4.78, 5) is 0. The Morgan fingerprint density at radius 3 is 0.744 bits per heavy atom. The molecule has 0 aliphatic rings. The predicted molar refractivity (Wildman–Crippen MR) is 177 cm³/mol. The van der Waals surface area contributed by atoms with Crippen LogP contribution in [0.4, 0.5) is 0 Å². The van der Waals surface area contributed by atoms with Crippen molar-refractivity contribution < 1.29 is 0 Å². The lowest BCUT2D eigenvalue weighted by Gasteiger charge is -2.39. The molecule has 0 heteroatoms. The van der Waals surface area contributed by atoms with Crippen molar-refractivity contribution >= 4 is 0 Å². The molecule has 0 spiro atoms. The van der Waals surface area contributed by atoms with Crippen LogP contribution < -0.4 is 0 Å². The van der Waals surface area contributed by atoms with Crippen molar-refractivity contribution in [3.8, 4) is 0 Å². The highest BCUT2D eigenvalue weighted by Crippen LogP contribution is 2.47. The molecule has 0 bridgehead atoms.